The van der Waals surface area contributed by atoms with Crippen molar-refractivity contribution < 1.29 is 9.53 Å². The van der Waals surface area contributed by atoms with E-state index in [9.17, 15) is 4.79 Å². The van der Waals surface area contributed by atoms with Crippen molar-refractivity contribution in [2.45, 2.75) is 45.1 Å². The molecule has 1 aliphatic carbocycles. The van der Waals surface area contributed by atoms with Crippen molar-refractivity contribution in [3.63, 3.8) is 0 Å². The zero-order valence-electron chi connectivity index (χ0n) is 7.85. The Balaban J connectivity index is 2.14. The van der Waals surface area contributed by atoms with Crippen LogP contribution in [0.3, 0.4) is 0 Å². The smallest absolute Gasteiger partial charge is 0.138 e. The van der Waals surface area contributed by atoms with Crippen LogP contribution in [0, 0.1) is 5.41 Å². The Morgan fingerprint density at radius 3 is 2.50 bits per heavy atom. The first-order valence-corrected chi connectivity index (χ1v) is 4.71. The van der Waals surface area contributed by atoms with Crippen molar-refractivity contribution in [2.24, 2.45) is 5.41 Å². The molecule has 2 fully saturated rings. The predicted molar refractivity (Wildman–Crippen MR) is 45.9 cm³/mol. The summed E-state index contributed by atoms with van der Waals surface area (Å²) in [5, 5.41) is 0. The van der Waals surface area contributed by atoms with Crippen molar-refractivity contribution in [1.29, 1.82) is 0 Å². The van der Waals surface area contributed by atoms with Gasteiger partial charge in [0.1, 0.15) is 5.78 Å². The molecule has 0 aromatic rings. The zero-order valence-corrected chi connectivity index (χ0v) is 7.85. The minimum atomic E-state index is -0.150. The summed E-state index contributed by atoms with van der Waals surface area (Å²) in [7, 11) is 0. The quantitative estimate of drug-likeness (QED) is 0.598. The van der Waals surface area contributed by atoms with Gasteiger partial charge >= 0.3 is 0 Å². The van der Waals surface area contributed by atoms with Gasteiger partial charge in [-0.3, -0.25) is 4.79 Å². The standard InChI is InChI=1S/C10H16O2/c1-9(4-5-9)10(2)7-8(11)3-6-12-10/h3-7H2,1-2H3. The van der Waals surface area contributed by atoms with Crippen molar-refractivity contribution in [1.82, 2.24) is 0 Å². The van der Waals surface area contributed by atoms with Crippen LogP contribution in [0.25, 0.3) is 0 Å². The molecule has 1 aliphatic heterocycles. The van der Waals surface area contributed by atoms with Crippen LogP contribution in [0.5, 0.6) is 0 Å². The highest BCUT2D eigenvalue weighted by molar-refractivity contribution is 5.80. The molecular formula is C10H16O2. The summed E-state index contributed by atoms with van der Waals surface area (Å²) in [4.78, 5) is 11.3. The lowest BCUT2D eigenvalue weighted by atomic mass is 9.81. The van der Waals surface area contributed by atoms with E-state index in [1.165, 1.54) is 12.8 Å². The van der Waals surface area contributed by atoms with Gasteiger partial charge in [0.15, 0.2) is 0 Å². The fourth-order valence-electron chi connectivity index (χ4n) is 2.01. The van der Waals surface area contributed by atoms with Crippen LogP contribution in [0.4, 0.5) is 0 Å². The molecule has 2 rings (SSSR count). The van der Waals surface area contributed by atoms with Crippen molar-refractivity contribution in [2.75, 3.05) is 6.61 Å². The Hall–Kier alpha value is -0.370. The highest BCUT2D eigenvalue weighted by Crippen LogP contribution is 2.57. The van der Waals surface area contributed by atoms with Gasteiger partial charge in [0.2, 0.25) is 0 Å². The highest BCUT2D eigenvalue weighted by atomic mass is 16.5. The van der Waals surface area contributed by atoms with Crippen LogP contribution < -0.4 is 0 Å². The number of carbonyl (C=O) groups is 1. The molecule has 1 heterocycles. The molecular weight excluding hydrogens is 152 g/mol. The molecule has 1 saturated carbocycles. The summed E-state index contributed by atoms with van der Waals surface area (Å²) in [6.45, 7) is 4.95. The third kappa shape index (κ3) is 1.09. The number of Topliss-reactive ketones (excluding diaryl/α,β-unsaturated/α-hetero) is 1. The topological polar surface area (TPSA) is 26.3 Å². The first-order chi connectivity index (χ1) is 5.56. The second-order valence-electron chi connectivity index (χ2n) is 4.61. The Kier molecular flexibility index (Phi) is 1.59. The SMILES string of the molecule is CC1(C2(C)CC(=O)CCO2)CC1. The fourth-order valence-corrected chi connectivity index (χ4v) is 2.01. The minimum absolute atomic E-state index is 0.150. The number of ether oxygens (including phenoxy) is 1. The lowest BCUT2D eigenvalue weighted by molar-refractivity contribution is -0.147. The monoisotopic (exact) mass is 168 g/mol. The number of hydrogen-bond donors (Lipinski definition) is 0. The molecule has 0 radical (unpaired) electrons. The van der Waals surface area contributed by atoms with Crippen molar-refractivity contribution in [3.05, 3.63) is 0 Å². The molecule has 2 nitrogen and oxygen atoms in total. The molecule has 68 valence electrons. The third-order valence-corrected chi connectivity index (χ3v) is 3.61. The zero-order chi connectivity index (χ0) is 8.82. The van der Waals surface area contributed by atoms with Gasteiger partial charge in [-0.05, 0) is 25.2 Å². The Bertz CT molecular complexity index is 218. The van der Waals surface area contributed by atoms with Gasteiger partial charge in [-0.1, -0.05) is 6.92 Å². The summed E-state index contributed by atoms with van der Waals surface area (Å²) in [6, 6.07) is 0. The largest absolute Gasteiger partial charge is 0.374 e. The van der Waals surface area contributed by atoms with E-state index >= 15 is 0 Å². The second-order valence-corrected chi connectivity index (χ2v) is 4.61. The van der Waals surface area contributed by atoms with Crippen LogP contribution >= 0.6 is 0 Å². The van der Waals surface area contributed by atoms with Crippen molar-refractivity contribution in [3.8, 4) is 0 Å². The number of hydrogen-bond acceptors (Lipinski definition) is 2. The van der Waals surface area contributed by atoms with Gasteiger partial charge in [0.05, 0.1) is 12.2 Å². The van der Waals surface area contributed by atoms with E-state index in [-0.39, 0.29) is 5.60 Å². The van der Waals surface area contributed by atoms with Crippen LogP contribution in [-0.2, 0) is 9.53 Å². The normalized spacial score (nSPS) is 39.7. The molecule has 0 aromatic heterocycles. The van der Waals surface area contributed by atoms with Gasteiger partial charge in [-0.2, -0.15) is 0 Å². The third-order valence-electron chi connectivity index (χ3n) is 3.61. The maximum absolute atomic E-state index is 11.3. The number of ketones is 1. The van der Waals surface area contributed by atoms with Gasteiger partial charge in [-0.25, -0.2) is 0 Å². The second kappa shape index (κ2) is 2.32. The van der Waals surface area contributed by atoms with Gasteiger partial charge in [0, 0.05) is 12.8 Å². The fraction of sp³-hybridized carbons (Fsp3) is 0.900. The average Bonchev–Trinajstić information content (AvgIpc) is 2.69. The lowest BCUT2D eigenvalue weighted by Gasteiger charge is -2.38. The molecule has 12 heavy (non-hydrogen) atoms. The summed E-state index contributed by atoms with van der Waals surface area (Å²) in [6.07, 6.45) is 3.68. The first-order valence-electron chi connectivity index (χ1n) is 4.71. The summed E-state index contributed by atoms with van der Waals surface area (Å²) in [5.74, 6) is 0.372. The number of rotatable bonds is 1. The lowest BCUT2D eigenvalue weighted by Crippen LogP contribution is -2.44. The minimum Gasteiger partial charge on any atom is -0.374 e. The van der Waals surface area contributed by atoms with E-state index in [0.29, 0.717) is 30.6 Å². The molecule has 2 heteroatoms. The van der Waals surface area contributed by atoms with Gasteiger partial charge in [-0.15, -0.1) is 0 Å². The summed E-state index contributed by atoms with van der Waals surface area (Å²) >= 11 is 0. The van der Waals surface area contributed by atoms with Crippen LogP contribution in [-0.4, -0.2) is 18.0 Å². The van der Waals surface area contributed by atoms with Crippen molar-refractivity contribution >= 4 is 5.78 Å². The molecule has 0 spiro atoms. The predicted octanol–water partition coefficient (Wildman–Crippen LogP) is 1.92. The van der Waals surface area contributed by atoms with E-state index < -0.39 is 0 Å². The van der Waals surface area contributed by atoms with E-state index in [4.69, 9.17) is 4.74 Å². The van der Waals surface area contributed by atoms with Gasteiger partial charge < -0.3 is 4.74 Å². The molecule has 1 unspecified atom stereocenters. The average molecular weight is 168 g/mol. The molecule has 0 bridgehead atoms. The van der Waals surface area contributed by atoms with Crippen LogP contribution in [0.2, 0.25) is 0 Å². The van der Waals surface area contributed by atoms with Gasteiger partial charge in [0.25, 0.3) is 0 Å². The molecule has 0 amide bonds. The molecule has 0 N–H and O–H groups in total. The molecule has 2 aliphatic rings. The highest BCUT2D eigenvalue weighted by Gasteiger charge is 2.55. The summed E-state index contributed by atoms with van der Waals surface area (Å²) < 4.78 is 5.74. The van der Waals surface area contributed by atoms with E-state index in [1.54, 1.807) is 0 Å². The van der Waals surface area contributed by atoms with E-state index in [2.05, 4.69) is 13.8 Å². The maximum Gasteiger partial charge on any atom is 0.138 e. The Morgan fingerprint density at radius 2 is 2.00 bits per heavy atom. The molecule has 1 saturated heterocycles. The molecule has 0 aromatic carbocycles. The maximum atomic E-state index is 11.3. The van der Waals surface area contributed by atoms with E-state index in [1.807, 2.05) is 0 Å². The number of carbonyl (C=O) groups excluding carboxylic acids is 1. The van der Waals surface area contributed by atoms with Crippen LogP contribution in [0.15, 0.2) is 0 Å². The van der Waals surface area contributed by atoms with Crippen LogP contribution in [0.1, 0.15) is 39.5 Å². The molecule has 1 atom stereocenters. The Morgan fingerprint density at radius 1 is 1.33 bits per heavy atom. The van der Waals surface area contributed by atoms with E-state index in [0.717, 1.165) is 0 Å². The Labute approximate surface area is 73.3 Å². The summed E-state index contributed by atoms with van der Waals surface area (Å²) in [5.41, 5.74) is 0.144. The first kappa shape index (κ1) is 8.24.